The summed E-state index contributed by atoms with van der Waals surface area (Å²) in [4.78, 5) is 6.49. The average molecular weight is 308 g/mol. The Labute approximate surface area is 137 Å². The molecule has 3 nitrogen and oxygen atoms in total. The van der Waals surface area contributed by atoms with Crippen LogP contribution in [-0.2, 0) is 6.42 Å². The molecule has 120 valence electrons. The van der Waals surface area contributed by atoms with Crippen molar-refractivity contribution in [3.05, 3.63) is 47.2 Å². The van der Waals surface area contributed by atoms with E-state index in [1.165, 1.54) is 48.0 Å². The van der Waals surface area contributed by atoms with Gasteiger partial charge in [0, 0.05) is 29.2 Å². The first-order valence-electron chi connectivity index (χ1n) is 9.01. The molecule has 3 heterocycles. The van der Waals surface area contributed by atoms with E-state index in [0.717, 1.165) is 12.8 Å². The van der Waals surface area contributed by atoms with E-state index in [9.17, 15) is 5.11 Å². The van der Waals surface area contributed by atoms with Crippen LogP contribution in [-0.4, -0.2) is 34.2 Å². The van der Waals surface area contributed by atoms with Gasteiger partial charge in [0.25, 0.3) is 0 Å². The van der Waals surface area contributed by atoms with Crippen molar-refractivity contribution in [1.29, 1.82) is 0 Å². The molecular weight excluding hydrogens is 284 g/mol. The lowest BCUT2D eigenvalue weighted by Crippen LogP contribution is -2.50. The maximum Gasteiger partial charge on any atom is 0.0641 e. The Morgan fingerprint density at radius 2 is 2.04 bits per heavy atom. The molecular formula is C20H24N2O. The highest BCUT2D eigenvalue weighted by atomic mass is 16.3. The number of rotatable bonds is 1. The van der Waals surface area contributed by atoms with Crippen molar-refractivity contribution in [1.82, 2.24) is 9.88 Å². The van der Waals surface area contributed by atoms with E-state index in [4.69, 9.17) is 0 Å². The number of aromatic nitrogens is 1. The molecule has 1 fully saturated rings. The molecule has 5 rings (SSSR count). The minimum atomic E-state index is 0.249. The topological polar surface area (TPSA) is 39.3 Å². The summed E-state index contributed by atoms with van der Waals surface area (Å²) in [5.41, 5.74) is 5.59. The minimum absolute atomic E-state index is 0.249. The van der Waals surface area contributed by atoms with E-state index in [-0.39, 0.29) is 6.61 Å². The van der Waals surface area contributed by atoms with Gasteiger partial charge < -0.3 is 10.1 Å². The molecule has 2 aliphatic heterocycles. The second-order valence-corrected chi connectivity index (χ2v) is 7.40. The lowest BCUT2D eigenvalue weighted by atomic mass is 9.75. The molecule has 23 heavy (non-hydrogen) atoms. The van der Waals surface area contributed by atoms with Crippen LogP contribution < -0.4 is 0 Å². The molecule has 1 aromatic heterocycles. The Balaban J connectivity index is 1.52. The highest BCUT2D eigenvalue weighted by Crippen LogP contribution is 2.46. The number of fused-ring (bicyclic) bond motifs is 7. The fourth-order valence-electron chi connectivity index (χ4n) is 5.26. The van der Waals surface area contributed by atoms with E-state index >= 15 is 0 Å². The van der Waals surface area contributed by atoms with Crippen LogP contribution in [0.1, 0.15) is 43.0 Å². The smallest absolute Gasteiger partial charge is 0.0641 e. The molecule has 2 N–H and O–H groups in total. The summed E-state index contributed by atoms with van der Waals surface area (Å²) in [6.45, 7) is 1.43. The fourth-order valence-corrected chi connectivity index (χ4v) is 5.26. The largest absolute Gasteiger partial charge is 0.392 e. The normalized spacial score (nSPS) is 30.5. The van der Waals surface area contributed by atoms with Crippen molar-refractivity contribution in [2.24, 2.45) is 5.92 Å². The molecule has 0 radical (unpaired) electrons. The number of aromatic amines is 1. The molecule has 2 aromatic rings. The first-order chi connectivity index (χ1) is 11.3. The van der Waals surface area contributed by atoms with E-state index in [0.29, 0.717) is 18.0 Å². The molecule has 0 unspecified atom stereocenters. The summed E-state index contributed by atoms with van der Waals surface area (Å²) in [5, 5.41) is 10.9. The highest BCUT2D eigenvalue weighted by Gasteiger charge is 2.41. The number of hydrogen-bond donors (Lipinski definition) is 2. The molecule has 3 atom stereocenters. The molecule has 3 heteroatoms. The van der Waals surface area contributed by atoms with Gasteiger partial charge >= 0.3 is 0 Å². The predicted octanol–water partition coefficient (Wildman–Crippen LogP) is 3.56. The number of nitrogens with one attached hydrogen (secondary N) is 1. The maximum absolute atomic E-state index is 9.44. The Kier molecular flexibility index (Phi) is 3.14. The van der Waals surface area contributed by atoms with E-state index in [1.807, 2.05) is 0 Å². The SMILES string of the molecule is OCC1=C[C@H]2CC[C@@H]3c4[nH]c5ccccc5c4CCN3[C@@H]2CC1. The Morgan fingerprint density at radius 3 is 2.96 bits per heavy atom. The maximum atomic E-state index is 9.44. The number of hydrogen-bond acceptors (Lipinski definition) is 2. The van der Waals surface area contributed by atoms with E-state index in [2.05, 4.69) is 40.2 Å². The van der Waals surface area contributed by atoms with Crippen LogP contribution in [0.25, 0.3) is 10.9 Å². The van der Waals surface area contributed by atoms with Crippen LogP contribution in [0.15, 0.2) is 35.9 Å². The zero-order valence-corrected chi connectivity index (χ0v) is 13.5. The number of para-hydroxylation sites is 1. The van der Waals surface area contributed by atoms with Gasteiger partial charge in [0.05, 0.1) is 12.6 Å². The van der Waals surface area contributed by atoms with E-state index in [1.54, 1.807) is 5.56 Å². The third-order valence-electron chi connectivity index (χ3n) is 6.31. The number of aliphatic hydroxyl groups excluding tert-OH is 1. The Morgan fingerprint density at radius 1 is 1.13 bits per heavy atom. The predicted molar refractivity (Wildman–Crippen MR) is 92.4 cm³/mol. The molecule has 1 aromatic carbocycles. The number of nitrogens with zero attached hydrogens (tertiary/aromatic N) is 1. The number of benzene rings is 1. The standard InChI is InChI=1S/C20H24N2O/c23-12-13-5-7-18-14(11-13)6-8-19-20-16(9-10-22(18)19)15-3-1-2-4-17(15)21-20/h1-4,11,14,18-19,21,23H,5-10,12H2/t14-,18-,19-/m1/s1. The van der Waals surface area contributed by atoms with Gasteiger partial charge in [0.2, 0.25) is 0 Å². The van der Waals surface area contributed by atoms with Crippen molar-refractivity contribution in [3.63, 3.8) is 0 Å². The second-order valence-electron chi connectivity index (χ2n) is 7.40. The van der Waals surface area contributed by atoms with Gasteiger partial charge in [0.1, 0.15) is 0 Å². The average Bonchev–Trinajstić information content (AvgIpc) is 2.99. The summed E-state index contributed by atoms with van der Waals surface area (Å²) in [6.07, 6.45) is 8.31. The summed E-state index contributed by atoms with van der Waals surface area (Å²) >= 11 is 0. The van der Waals surface area contributed by atoms with Gasteiger partial charge in [0.15, 0.2) is 0 Å². The Hall–Kier alpha value is -1.58. The Bertz CT molecular complexity index is 775. The van der Waals surface area contributed by atoms with Crippen molar-refractivity contribution in [2.45, 2.75) is 44.2 Å². The quantitative estimate of drug-likeness (QED) is 0.791. The number of piperidine rings is 1. The fraction of sp³-hybridized carbons (Fsp3) is 0.500. The summed E-state index contributed by atoms with van der Waals surface area (Å²) < 4.78 is 0. The van der Waals surface area contributed by atoms with Gasteiger partial charge in [-0.2, -0.15) is 0 Å². The van der Waals surface area contributed by atoms with Crippen LogP contribution in [0.5, 0.6) is 0 Å². The van der Waals surface area contributed by atoms with Crippen LogP contribution in [0.2, 0.25) is 0 Å². The molecule has 0 saturated carbocycles. The zero-order valence-electron chi connectivity index (χ0n) is 13.5. The van der Waals surface area contributed by atoms with Crippen molar-refractivity contribution in [2.75, 3.05) is 13.2 Å². The monoisotopic (exact) mass is 308 g/mol. The first kappa shape index (κ1) is 13.8. The van der Waals surface area contributed by atoms with E-state index < -0.39 is 0 Å². The highest BCUT2D eigenvalue weighted by molar-refractivity contribution is 5.85. The molecule has 0 spiro atoms. The van der Waals surface area contributed by atoms with Gasteiger partial charge in [-0.3, -0.25) is 4.90 Å². The first-order valence-corrected chi connectivity index (χ1v) is 9.01. The lowest BCUT2D eigenvalue weighted by Gasteiger charge is -2.49. The third-order valence-corrected chi connectivity index (χ3v) is 6.31. The van der Waals surface area contributed by atoms with Crippen LogP contribution in [0.3, 0.4) is 0 Å². The van der Waals surface area contributed by atoms with Crippen molar-refractivity contribution < 1.29 is 5.11 Å². The lowest BCUT2D eigenvalue weighted by molar-refractivity contribution is 0.0357. The number of H-pyrrole nitrogens is 1. The van der Waals surface area contributed by atoms with Crippen LogP contribution >= 0.6 is 0 Å². The molecule has 1 aliphatic carbocycles. The molecule has 0 bridgehead atoms. The molecule has 1 saturated heterocycles. The van der Waals surface area contributed by atoms with Crippen molar-refractivity contribution in [3.8, 4) is 0 Å². The van der Waals surface area contributed by atoms with Gasteiger partial charge in [-0.05, 0) is 55.2 Å². The van der Waals surface area contributed by atoms with Crippen LogP contribution in [0, 0.1) is 5.92 Å². The molecule has 0 amide bonds. The second kappa shape index (κ2) is 5.22. The van der Waals surface area contributed by atoms with Gasteiger partial charge in [-0.15, -0.1) is 0 Å². The van der Waals surface area contributed by atoms with Crippen molar-refractivity contribution >= 4 is 10.9 Å². The van der Waals surface area contributed by atoms with Crippen LogP contribution in [0.4, 0.5) is 0 Å². The van der Waals surface area contributed by atoms with Gasteiger partial charge in [-0.25, -0.2) is 0 Å². The minimum Gasteiger partial charge on any atom is -0.392 e. The number of aliphatic hydroxyl groups is 1. The van der Waals surface area contributed by atoms with Gasteiger partial charge in [-0.1, -0.05) is 24.3 Å². The summed E-state index contributed by atoms with van der Waals surface area (Å²) in [7, 11) is 0. The summed E-state index contributed by atoms with van der Waals surface area (Å²) in [6, 6.07) is 9.99. The summed E-state index contributed by atoms with van der Waals surface area (Å²) in [5.74, 6) is 0.646. The third kappa shape index (κ3) is 2.03. The molecule has 3 aliphatic rings. The zero-order chi connectivity index (χ0) is 15.4.